The minimum atomic E-state index is -4.07. The fourth-order valence-electron chi connectivity index (χ4n) is 4.44. The van der Waals surface area contributed by atoms with Gasteiger partial charge in [0, 0.05) is 23.5 Å². The van der Waals surface area contributed by atoms with Crippen LogP contribution >= 0.6 is 11.6 Å². The van der Waals surface area contributed by atoms with Crippen LogP contribution < -0.4 is 9.62 Å². The Labute approximate surface area is 194 Å². The second kappa shape index (κ2) is 8.50. The Morgan fingerprint density at radius 2 is 1.88 bits per heavy atom. The molecule has 0 radical (unpaired) electrons. The number of nitrogens with zero attached hydrogens (tertiary/aromatic N) is 1. The Morgan fingerprint density at radius 3 is 2.56 bits per heavy atom. The maximum Gasteiger partial charge on any atom is 0.267 e. The van der Waals surface area contributed by atoms with Crippen LogP contribution in [-0.2, 0) is 21.9 Å². The summed E-state index contributed by atoms with van der Waals surface area (Å²) >= 11 is 6.43. The highest BCUT2D eigenvalue weighted by atomic mass is 35.5. The van der Waals surface area contributed by atoms with Crippen molar-refractivity contribution in [3.8, 4) is 0 Å². The van der Waals surface area contributed by atoms with E-state index in [0.717, 1.165) is 22.3 Å². The van der Waals surface area contributed by atoms with Crippen molar-refractivity contribution in [2.75, 3.05) is 24.4 Å². The molecule has 0 bridgehead atoms. The summed E-state index contributed by atoms with van der Waals surface area (Å²) in [6.07, 6.45) is 0.572. The normalized spacial score (nSPS) is 18.1. The van der Waals surface area contributed by atoms with Crippen molar-refractivity contribution < 1.29 is 12.8 Å². The second-order valence-corrected chi connectivity index (χ2v) is 10.9. The Hall–Kier alpha value is -2.41. The lowest BCUT2D eigenvalue weighted by Gasteiger charge is -2.26. The molecule has 1 aliphatic rings. The van der Waals surface area contributed by atoms with Gasteiger partial charge in [0.05, 0.1) is 5.69 Å². The Bertz CT molecular complexity index is 1280. The van der Waals surface area contributed by atoms with E-state index < -0.39 is 21.3 Å². The Kier molecular flexibility index (Phi) is 6.05. The molecule has 1 unspecified atom stereocenters. The molecule has 1 N–H and O–H groups in total. The zero-order chi connectivity index (χ0) is 23.1. The molecule has 3 aromatic carbocycles. The SMILES string of the molecule is CNCC1(C)CN(S(=O)(=O)c2ccccc2F)c2cc(Cc3ccc(C)cc3Cl)ccc21. The largest absolute Gasteiger partial charge is 0.319 e. The van der Waals surface area contributed by atoms with Gasteiger partial charge in [0.1, 0.15) is 10.7 Å². The molecule has 168 valence electrons. The van der Waals surface area contributed by atoms with Gasteiger partial charge in [-0.3, -0.25) is 4.31 Å². The molecule has 4 rings (SSSR count). The molecule has 0 fully saturated rings. The fraction of sp³-hybridized carbons (Fsp3) is 0.280. The van der Waals surface area contributed by atoms with E-state index in [-0.39, 0.29) is 11.4 Å². The van der Waals surface area contributed by atoms with E-state index in [1.54, 1.807) is 0 Å². The molecule has 32 heavy (non-hydrogen) atoms. The third-order valence-corrected chi connectivity index (χ3v) is 8.19. The van der Waals surface area contributed by atoms with Crippen molar-refractivity contribution in [2.45, 2.75) is 30.6 Å². The molecular weight excluding hydrogens is 447 g/mol. The van der Waals surface area contributed by atoms with E-state index in [1.165, 1.54) is 28.6 Å². The van der Waals surface area contributed by atoms with E-state index >= 15 is 0 Å². The van der Waals surface area contributed by atoms with Gasteiger partial charge in [0.2, 0.25) is 0 Å². The zero-order valence-corrected chi connectivity index (χ0v) is 19.9. The predicted octanol–water partition coefficient (Wildman–Crippen LogP) is 5.06. The Balaban J connectivity index is 1.80. The summed E-state index contributed by atoms with van der Waals surface area (Å²) in [7, 11) is -2.23. The van der Waals surface area contributed by atoms with E-state index in [2.05, 4.69) is 5.32 Å². The summed E-state index contributed by atoms with van der Waals surface area (Å²) in [5, 5.41) is 3.85. The molecule has 0 amide bonds. The zero-order valence-electron chi connectivity index (χ0n) is 18.3. The van der Waals surface area contributed by atoms with Gasteiger partial charge in [-0.15, -0.1) is 0 Å². The lowest BCUT2D eigenvalue weighted by atomic mass is 9.84. The van der Waals surface area contributed by atoms with Crippen molar-refractivity contribution in [2.24, 2.45) is 0 Å². The van der Waals surface area contributed by atoms with Gasteiger partial charge in [0.15, 0.2) is 0 Å². The van der Waals surface area contributed by atoms with Crippen LogP contribution in [0.5, 0.6) is 0 Å². The average molecular weight is 473 g/mol. The summed E-state index contributed by atoms with van der Waals surface area (Å²) in [5.74, 6) is -0.751. The molecule has 0 spiro atoms. The predicted molar refractivity (Wildman–Crippen MR) is 128 cm³/mol. The number of anilines is 1. The smallest absolute Gasteiger partial charge is 0.267 e. The number of aryl methyl sites for hydroxylation is 1. The molecule has 3 aromatic rings. The molecule has 0 saturated carbocycles. The van der Waals surface area contributed by atoms with Crippen LogP contribution in [0.25, 0.3) is 0 Å². The minimum Gasteiger partial charge on any atom is -0.319 e. The van der Waals surface area contributed by atoms with Gasteiger partial charge < -0.3 is 5.32 Å². The van der Waals surface area contributed by atoms with Crippen LogP contribution in [0.4, 0.5) is 10.1 Å². The Morgan fingerprint density at radius 1 is 1.12 bits per heavy atom. The topological polar surface area (TPSA) is 49.4 Å². The highest BCUT2D eigenvalue weighted by Crippen LogP contribution is 2.44. The third kappa shape index (κ3) is 4.03. The number of benzene rings is 3. The van der Waals surface area contributed by atoms with Crippen molar-refractivity contribution >= 4 is 27.3 Å². The van der Waals surface area contributed by atoms with Crippen LogP contribution in [0.1, 0.15) is 29.2 Å². The van der Waals surface area contributed by atoms with Crippen molar-refractivity contribution in [1.29, 1.82) is 0 Å². The third-order valence-electron chi connectivity index (χ3n) is 6.05. The molecule has 0 aliphatic carbocycles. The number of halogens is 2. The first-order chi connectivity index (χ1) is 15.2. The summed E-state index contributed by atoms with van der Waals surface area (Å²) in [4.78, 5) is -0.313. The number of hydrogen-bond donors (Lipinski definition) is 1. The van der Waals surface area contributed by atoms with E-state index in [1.807, 2.05) is 57.3 Å². The molecule has 1 heterocycles. The van der Waals surface area contributed by atoms with Crippen LogP contribution in [0.2, 0.25) is 5.02 Å². The number of fused-ring (bicyclic) bond motifs is 1. The maximum absolute atomic E-state index is 14.5. The molecule has 4 nitrogen and oxygen atoms in total. The van der Waals surface area contributed by atoms with Crippen LogP contribution in [0.15, 0.2) is 65.6 Å². The van der Waals surface area contributed by atoms with Gasteiger partial charge >= 0.3 is 0 Å². The van der Waals surface area contributed by atoms with Gasteiger partial charge in [-0.25, -0.2) is 12.8 Å². The highest BCUT2D eigenvalue weighted by molar-refractivity contribution is 7.92. The lowest BCUT2D eigenvalue weighted by Crippen LogP contribution is -2.40. The number of likely N-dealkylation sites (N-methyl/N-ethyl adjacent to an activating group) is 1. The second-order valence-electron chi connectivity index (χ2n) is 8.66. The van der Waals surface area contributed by atoms with Gasteiger partial charge in [-0.05, 0) is 66.9 Å². The van der Waals surface area contributed by atoms with Crippen LogP contribution in [0.3, 0.4) is 0 Å². The first-order valence-corrected chi connectivity index (χ1v) is 12.3. The number of sulfonamides is 1. The number of hydrogen-bond acceptors (Lipinski definition) is 3. The molecule has 1 aliphatic heterocycles. The first kappa shape index (κ1) is 22.8. The summed E-state index contributed by atoms with van der Waals surface area (Å²) in [6, 6.07) is 17.3. The summed E-state index contributed by atoms with van der Waals surface area (Å²) < 4.78 is 42.8. The maximum atomic E-state index is 14.5. The molecule has 0 aromatic heterocycles. The minimum absolute atomic E-state index is 0.231. The number of nitrogens with one attached hydrogen (secondary N) is 1. The van der Waals surface area contributed by atoms with Gasteiger partial charge in [0.25, 0.3) is 10.0 Å². The van der Waals surface area contributed by atoms with Crippen LogP contribution in [0, 0.1) is 12.7 Å². The summed E-state index contributed by atoms with van der Waals surface area (Å²) in [6.45, 7) is 4.83. The summed E-state index contributed by atoms with van der Waals surface area (Å²) in [5.41, 5.74) is 4.06. The highest BCUT2D eigenvalue weighted by Gasteiger charge is 2.44. The van der Waals surface area contributed by atoms with E-state index in [4.69, 9.17) is 11.6 Å². The standard InChI is InChI=1S/C25H26ClFN2O2S/c1-17-8-10-19(21(26)12-17)13-18-9-11-20-23(14-18)29(16-25(20,2)15-28-3)32(30,31)24-7-5-4-6-22(24)27/h4-12,14,28H,13,15-16H2,1-3H3. The van der Waals surface area contributed by atoms with Gasteiger partial charge in [-0.1, -0.05) is 54.9 Å². The van der Waals surface area contributed by atoms with Gasteiger partial charge in [-0.2, -0.15) is 0 Å². The average Bonchev–Trinajstić information content (AvgIpc) is 3.03. The lowest BCUT2D eigenvalue weighted by molar-refractivity contribution is 0.480. The molecule has 1 atom stereocenters. The molecule has 0 saturated heterocycles. The van der Waals surface area contributed by atoms with Crippen LogP contribution in [-0.4, -0.2) is 28.6 Å². The number of rotatable bonds is 6. The van der Waals surface area contributed by atoms with E-state index in [9.17, 15) is 12.8 Å². The quantitative estimate of drug-likeness (QED) is 0.545. The van der Waals surface area contributed by atoms with Crippen molar-refractivity contribution in [1.82, 2.24) is 5.32 Å². The fourth-order valence-corrected chi connectivity index (χ4v) is 6.40. The first-order valence-electron chi connectivity index (χ1n) is 10.5. The van der Waals surface area contributed by atoms with Crippen molar-refractivity contribution in [3.05, 3.63) is 93.8 Å². The van der Waals surface area contributed by atoms with E-state index in [0.29, 0.717) is 23.7 Å². The molecule has 7 heteroatoms. The van der Waals surface area contributed by atoms with Crippen molar-refractivity contribution in [3.63, 3.8) is 0 Å². The monoisotopic (exact) mass is 472 g/mol. The molecular formula is C25H26ClFN2O2S.